The molecule has 0 unspecified atom stereocenters. The molecule has 1 heterocycles. The van der Waals surface area contributed by atoms with Gasteiger partial charge in [-0.1, -0.05) is 17.3 Å². The van der Waals surface area contributed by atoms with Crippen molar-refractivity contribution < 1.29 is 4.79 Å². The number of halogens is 1. The van der Waals surface area contributed by atoms with Crippen molar-refractivity contribution >= 4 is 28.5 Å². The molecule has 5 heteroatoms. The molecule has 1 aromatic heterocycles. The molecule has 0 aliphatic heterocycles. The van der Waals surface area contributed by atoms with E-state index in [-0.39, 0.29) is 5.91 Å². The van der Waals surface area contributed by atoms with Crippen LogP contribution in [0.1, 0.15) is 24.1 Å². The van der Waals surface area contributed by atoms with Crippen molar-refractivity contribution in [2.45, 2.75) is 19.3 Å². The van der Waals surface area contributed by atoms with Crippen molar-refractivity contribution in [1.82, 2.24) is 15.0 Å². The van der Waals surface area contributed by atoms with Crippen LogP contribution in [0.3, 0.4) is 0 Å². The molecule has 0 saturated heterocycles. The van der Waals surface area contributed by atoms with E-state index in [9.17, 15) is 4.79 Å². The molecule has 0 fully saturated rings. The van der Waals surface area contributed by atoms with Crippen LogP contribution in [-0.4, -0.2) is 26.8 Å². The smallest absolute Gasteiger partial charge is 0.248 e. The predicted molar refractivity (Wildman–Crippen MR) is 62.7 cm³/mol. The van der Waals surface area contributed by atoms with Gasteiger partial charge in [-0.3, -0.25) is 4.79 Å². The molecule has 0 N–H and O–H groups in total. The van der Waals surface area contributed by atoms with Gasteiger partial charge in [0.2, 0.25) is 5.91 Å². The fourth-order valence-corrected chi connectivity index (χ4v) is 1.72. The van der Waals surface area contributed by atoms with Crippen LogP contribution >= 0.6 is 11.6 Å². The molecular weight excluding hydrogens is 226 g/mol. The maximum Gasteiger partial charge on any atom is 0.248 e. The Hall–Kier alpha value is -1.42. The lowest BCUT2D eigenvalue weighted by Crippen LogP contribution is -2.12. The van der Waals surface area contributed by atoms with Gasteiger partial charge in [-0.05, 0) is 25.0 Å². The molecule has 84 valence electrons. The Morgan fingerprint density at radius 1 is 1.31 bits per heavy atom. The predicted octanol–water partition coefficient (Wildman–Crippen LogP) is 2.48. The van der Waals surface area contributed by atoms with Gasteiger partial charge in [-0.25, -0.2) is 0 Å². The lowest BCUT2D eigenvalue weighted by molar-refractivity contribution is 0.0887. The third-order valence-electron chi connectivity index (χ3n) is 2.36. The number of carbonyl (C=O) groups is 1. The van der Waals surface area contributed by atoms with E-state index in [4.69, 9.17) is 11.6 Å². The summed E-state index contributed by atoms with van der Waals surface area (Å²) in [6.45, 7) is 0. The summed E-state index contributed by atoms with van der Waals surface area (Å²) in [7, 11) is 0. The van der Waals surface area contributed by atoms with Crippen molar-refractivity contribution in [2.75, 3.05) is 5.88 Å². The molecule has 0 atom stereocenters. The Morgan fingerprint density at radius 3 is 2.94 bits per heavy atom. The van der Waals surface area contributed by atoms with Crippen LogP contribution in [-0.2, 0) is 0 Å². The van der Waals surface area contributed by atoms with Crippen molar-refractivity contribution in [2.24, 2.45) is 0 Å². The zero-order chi connectivity index (χ0) is 11.4. The Kier molecular flexibility index (Phi) is 3.51. The molecular formula is C11H12ClN3O. The topological polar surface area (TPSA) is 47.8 Å². The van der Waals surface area contributed by atoms with E-state index >= 15 is 0 Å². The van der Waals surface area contributed by atoms with Gasteiger partial charge in [0.15, 0.2) is 0 Å². The second kappa shape index (κ2) is 5.07. The zero-order valence-corrected chi connectivity index (χ0v) is 9.52. The van der Waals surface area contributed by atoms with Crippen LogP contribution in [0.25, 0.3) is 11.0 Å². The first kappa shape index (κ1) is 11.1. The summed E-state index contributed by atoms with van der Waals surface area (Å²) in [6, 6.07) is 7.42. The number of fused-ring (bicyclic) bond motifs is 1. The number of rotatable bonds is 4. The molecule has 16 heavy (non-hydrogen) atoms. The van der Waals surface area contributed by atoms with Gasteiger partial charge in [-0.15, -0.1) is 16.7 Å². The molecule has 0 aliphatic rings. The molecule has 2 aromatic rings. The number of para-hydroxylation sites is 1. The summed E-state index contributed by atoms with van der Waals surface area (Å²) in [5, 5.41) is 7.79. The van der Waals surface area contributed by atoms with Crippen LogP contribution in [0.4, 0.5) is 0 Å². The van der Waals surface area contributed by atoms with E-state index in [0.717, 1.165) is 23.9 Å². The third kappa shape index (κ3) is 2.22. The maximum absolute atomic E-state index is 11.8. The Morgan fingerprint density at radius 2 is 2.12 bits per heavy atom. The number of alkyl halides is 1. The number of hydrogen-bond donors (Lipinski definition) is 0. The number of unbranched alkanes of at least 4 members (excludes halogenated alkanes) is 1. The molecule has 1 aromatic carbocycles. The van der Waals surface area contributed by atoms with E-state index in [1.165, 1.54) is 4.68 Å². The molecule has 0 bridgehead atoms. The third-order valence-corrected chi connectivity index (χ3v) is 2.63. The highest BCUT2D eigenvalue weighted by Gasteiger charge is 2.10. The summed E-state index contributed by atoms with van der Waals surface area (Å²) >= 11 is 5.56. The number of benzene rings is 1. The molecule has 0 radical (unpaired) electrons. The summed E-state index contributed by atoms with van der Waals surface area (Å²) in [5.74, 6) is 0.560. The van der Waals surface area contributed by atoms with Gasteiger partial charge in [-0.2, -0.15) is 4.68 Å². The number of nitrogens with zero attached hydrogens (tertiary/aromatic N) is 3. The second-order valence-electron chi connectivity index (χ2n) is 3.53. The first-order valence-electron chi connectivity index (χ1n) is 5.22. The summed E-state index contributed by atoms with van der Waals surface area (Å²) in [6.07, 6.45) is 2.09. The molecule has 0 amide bonds. The highest BCUT2D eigenvalue weighted by Crippen LogP contribution is 2.11. The van der Waals surface area contributed by atoms with E-state index in [2.05, 4.69) is 10.3 Å². The van der Waals surface area contributed by atoms with Crippen LogP contribution in [0, 0.1) is 0 Å². The van der Waals surface area contributed by atoms with Gasteiger partial charge in [0, 0.05) is 12.3 Å². The monoisotopic (exact) mass is 237 g/mol. The fourth-order valence-electron chi connectivity index (χ4n) is 1.53. The number of hydrogen-bond acceptors (Lipinski definition) is 3. The average Bonchev–Trinajstić information content (AvgIpc) is 2.73. The van der Waals surface area contributed by atoms with E-state index in [1.807, 2.05) is 24.3 Å². The van der Waals surface area contributed by atoms with Gasteiger partial charge in [0.25, 0.3) is 0 Å². The zero-order valence-electron chi connectivity index (χ0n) is 8.77. The normalized spacial score (nSPS) is 10.8. The molecule has 2 rings (SSSR count). The minimum Gasteiger partial charge on any atom is -0.273 e. The van der Waals surface area contributed by atoms with Gasteiger partial charge >= 0.3 is 0 Å². The number of carbonyl (C=O) groups excluding carboxylic acids is 1. The van der Waals surface area contributed by atoms with Crippen LogP contribution < -0.4 is 0 Å². The van der Waals surface area contributed by atoms with Gasteiger partial charge in [0.1, 0.15) is 5.52 Å². The summed E-state index contributed by atoms with van der Waals surface area (Å²) in [4.78, 5) is 11.8. The Labute approximate surface area is 98.2 Å². The average molecular weight is 238 g/mol. The lowest BCUT2D eigenvalue weighted by Gasteiger charge is -1.99. The highest BCUT2D eigenvalue weighted by molar-refractivity contribution is 6.17. The lowest BCUT2D eigenvalue weighted by atomic mass is 10.2. The second-order valence-corrected chi connectivity index (χ2v) is 3.91. The van der Waals surface area contributed by atoms with E-state index in [0.29, 0.717) is 12.3 Å². The number of aromatic nitrogens is 3. The quantitative estimate of drug-likeness (QED) is 0.606. The summed E-state index contributed by atoms with van der Waals surface area (Å²) in [5.41, 5.74) is 1.51. The van der Waals surface area contributed by atoms with Gasteiger partial charge < -0.3 is 0 Å². The van der Waals surface area contributed by atoms with Crippen LogP contribution in [0.5, 0.6) is 0 Å². The van der Waals surface area contributed by atoms with Gasteiger partial charge in [0.05, 0.1) is 5.52 Å². The first-order chi connectivity index (χ1) is 7.83. The Balaban J connectivity index is 2.17. The SMILES string of the molecule is O=C(CCCCCl)n1nnc2ccccc21. The highest BCUT2D eigenvalue weighted by atomic mass is 35.5. The maximum atomic E-state index is 11.8. The standard InChI is InChI=1S/C11H12ClN3O/c12-8-4-3-7-11(16)15-10-6-2-1-5-9(10)13-14-15/h1-2,5-6H,3-4,7-8H2. The minimum absolute atomic E-state index is 0.0289. The van der Waals surface area contributed by atoms with Crippen molar-refractivity contribution in [3.8, 4) is 0 Å². The first-order valence-corrected chi connectivity index (χ1v) is 5.76. The largest absolute Gasteiger partial charge is 0.273 e. The summed E-state index contributed by atoms with van der Waals surface area (Å²) < 4.78 is 1.36. The van der Waals surface area contributed by atoms with Crippen LogP contribution in [0.15, 0.2) is 24.3 Å². The molecule has 0 spiro atoms. The molecule has 0 saturated carbocycles. The van der Waals surface area contributed by atoms with Crippen molar-refractivity contribution in [3.05, 3.63) is 24.3 Å². The fraction of sp³-hybridized carbons (Fsp3) is 0.364. The van der Waals surface area contributed by atoms with Crippen LogP contribution in [0.2, 0.25) is 0 Å². The van der Waals surface area contributed by atoms with Crippen molar-refractivity contribution in [3.63, 3.8) is 0 Å². The molecule has 4 nitrogen and oxygen atoms in total. The minimum atomic E-state index is -0.0289. The van der Waals surface area contributed by atoms with E-state index in [1.54, 1.807) is 0 Å². The van der Waals surface area contributed by atoms with Crippen molar-refractivity contribution in [1.29, 1.82) is 0 Å². The van der Waals surface area contributed by atoms with E-state index < -0.39 is 0 Å². The molecule has 0 aliphatic carbocycles. The Bertz CT molecular complexity index is 495.